The van der Waals surface area contributed by atoms with E-state index in [0.29, 0.717) is 13.1 Å². The number of rotatable bonds is 9. The van der Waals surface area contributed by atoms with Gasteiger partial charge in [-0.2, -0.15) is 0 Å². The second-order valence-corrected chi connectivity index (χ2v) is 4.48. The summed E-state index contributed by atoms with van der Waals surface area (Å²) < 4.78 is 9.76. The summed E-state index contributed by atoms with van der Waals surface area (Å²) in [7, 11) is 1.48. The molecule has 0 bridgehead atoms. The van der Waals surface area contributed by atoms with Gasteiger partial charge in [-0.25, -0.2) is 4.79 Å². The topological polar surface area (TPSA) is 76.7 Å². The van der Waals surface area contributed by atoms with Crippen molar-refractivity contribution in [2.75, 3.05) is 26.8 Å². The molecular weight excluding hydrogens is 272 g/mol. The van der Waals surface area contributed by atoms with E-state index in [1.807, 2.05) is 30.3 Å². The molecule has 0 atom stereocenters. The van der Waals surface area contributed by atoms with Crippen molar-refractivity contribution in [1.82, 2.24) is 10.6 Å². The second-order valence-electron chi connectivity index (χ2n) is 4.48. The number of nitrogens with one attached hydrogen (secondary N) is 2. The van der Waals surface area contributed by atoms with Crippen molar-refractivity contribution in [2.24, 2.45) is 0 Å². The molecule has 0 unspecified atom stereocenters. The van der Waals surface area contributed by atoms with Crippen LogP contribution in [0.3, 0.4) is 0 Å². The minimum absolute atomic E-state index is 0.0735. The molecule has 2 amide bonds. The molecule has 0 aliphatic rings. The molecule has 6 heteroatoms. The largest absolute Gasteiger partial charge is 0.445 e. The van der Waals surface area contributed by atoms with Crippen LogP contribution in [0, 0.1) is 0 Å². The monoisotopic (exact) mass is 294 g/mol. The molecule has 0 aromatic heterocycles. The van der Waals surface area contributed by atoms with Gasteiger partial charge in [0.15, 0.2) is 0 Å². The maximum atomic E-state index is 11.4. The number of methoxy groups -OCH3 is 1. The van der Waals surface area contributed by atoms with Crippen molar-refractivity contribution in [3.05, 3.63) is 35.9 Å². The minimum atomic E-state index is -0.428. The number of benzene rings is 1. The van der Waals surface area contributed by atoms with E-state index in [0.717, 1.165) is 18.4 Å². The fraction of sp³-hybridized carbons (Fsp3) is 0.467. The maximum Gasteiger partial charge on any atom is 0.407 e. The number of hydrogen-bond acceptors (Lipinski definition) is 4. The lowest BCUT2D eigenvalue weighted by molar-refractivity contribution is -0.124. The van der Waals surface area contributed by atoms with Crippen molar-refractivity contribution < 1.29 is 19.1 Å². The first-order chi connectivity index (χ1) is 10.2. The first kappa shape index (κ1) is 17.0. The lowest BCUT2D eigenvalue weighted by atomic mass is 10.2. The van der Waals surface area contributed by atoms with Crippen molar-refractivity contribution in [3.63, 3.8) is 0 Å². The number of carbonyl (C=O) groups is 2. The Labute approximate surface area is 124 Å². The SMILES string of the molecule is COCC(=O)NCCCCNC(=O)OCc1ccccc1. The molecule has 2 N–H and O–H groups in total. The van der Waals surface area contributed by atoms with Gasteiger partial charge in [0.2, 0.25) is 5.91 Å². The average molecular weight is 294 g/mol. The van der Waals surface area contributed by atoms with Crippen molar-refractivity contribution >= 4 is 12.0 Å². The number of ether oxygens (including phenoxy) is 2. The first-order valence-electron chi connectivity index (χ1n) is 6.92. The molecule has 0 heterocycles. The van der Waals surface area contributed by atoms with E-state index in [4.69, 9.17) is 9.47 Å². The standard InChI is InChI=1S/C15H22N2O4/c1-20-12-14(18)16-9-5-6-10-17-15(19)21-11-13-7-3-2-4-8-13/h2-4,7-8H,5-6,9-12H2,1H3,(H,16,18)(H,17,19). The summed E-state index contributed by atoms with van der Waals surface area (Å²) in [4.78, 5) is 22.5. The zero-order valence-corrected chi connectivity index (χ0v) is 12.3. The lowest BCUT2D eigenvalue weighted by Crippen LogP contribution is -2.29. The molecule has 1 aromatic carbocycles. The van der Waals surface area contributed by atoms with Crippen LogP contribution in [0.15, 0.2) is 30.3 Å². The van der Waals surface area contributed by atoms with E-state index >= 15 is 0 Å². The molecular formula is C15H22N2O4. The Kier molecular flexibility index (Phi) is 8.63. The molecule has 6 nitrogen and oxygen atoms in total. The molecule has 0 saturated carbocycles. The van der Waals surface area contributed by atoms with E-state index in [1.54, 1.807) is 0 Å². The number of hydrogen-bond donors (Lipinski definition) is 2. The van der Waals surface area contributed by atoms with E-state index in [9.17, 15) is 9.59 Å². The third-order valence-electron chi connectivity index (χ3n) is 2.68. The highest BCUT2D eigenvalue weighted by Crippen LogP contribution is 2.00. The molecule has 0 spiro atoms. The zero-order valence-electron chi connectivity index (χ0n) is 12.3. The van der Waals surface area contributed by atoms with Crippen molar-refractivity contribution in [1.29, 1.82) is 0 Å². The second kappa shape index (κ2) is 10.7. The zero-order chi connectivity index (χ0) is 15.3. The fourth-order valence-corrected chi connectivity index (χ4v) is 1.62. The summed E-state index contributed by atoms with van der Waals surface area (Å²) in [6, 6.07) is 9.50. The van der Waals surface area contributed by atoms with Gasteiger partial charge in [0.25, 0.3) is 0 Å². The molecule has 0 saturated heterocycles. The highest BCUT2D eigenvalue weighted by atomic mass is 16.5. The van der Waals surface area contributed by atoms with Crippen LogP contribution >= 0.6 is 0 Å². The molecule has 21 heavy (non-hydrogen) atoms. The van der Waals surface area contributed by atoms with Crippen LogP contribution in [0.4, 0.5) is 4.79 Å². The van der Waals surface area contributed by atoms with Crippen LogP contribution in [0.25, 0.3) is 0 Å². The third kappa shape index (κ3) is 8.65. The summed E-state index contributed by atoms with van der Waals surface area (Å²) in [6.45, 7) is 1.43. The number of amides is 2. The first-order valence-corrected chi connectivity index (χ1v) is 6.92. The van der Waals surface area contributed by atoms with Gasteiger partial charge < -0.3 is 20.1 Å². The highest BCUT2D eigenvalue weighted by Gasteiger charge is 2.02. The fourth-order valence-electron chi connectivity index (χ4n) is 1.62. The van der Waals surface area contributed by atoms with Crippen LogP contribution in [0.1, 0.15) is 18.4 Å². The number of unbranched alkanes of at least 4 members (excludes halogenated alkanes) is 1. The predicted molar refractivity (Wildman–Crippen MR) is 78.7 cm³/mol. The van der Waals surface area contributed by atoms with Gasteiger partial charge in [-0.3, -0.25) is 4.79 Å². The Morgan fingerprint density at radius 1 is 1.05 bits per heavy atom. The van der Waals surface area contributed by atoms with Crippen LogP contribution < -0.4 is 10.6 Å². The smallest absolute Gasteiger partial charge is 0.407 e. The van der Waals surface area contributed by atoms with Gasteiger partial charge in [-0.05, 0) is 18.4 Å². The summed E-state index contributed by atoms with van der Waals surface area (Å²) in [5.41, 5.74) is 0.952. The van der Waals surface area contributed by atoms with Crippen molar-refractivity contribution in [3.8, 4) is 0 Å². The van der Waals surface area contributed by atoms with Crippen molar-refractivity contribution in [2.45, 2.75) is 19.4 Å². The van der Waals surface area contributed by atoms with Gasteiger partial charge in [0.05, 0.1) is 0 Å². The highest BCUT2D eigenvalue weighted by molar-refractivity contribution is 5.77. The third-order valence-corrected chi connectivity index (χ3v) is 2.68. The Balaban J connectivity index is 1.97. The van der Waals surface area contributed by atoms with E-state index in [-0.39, 0.29) is 19.1 Å². The molecule has 0 aliphatic heterocycles. The van der Waals surface area contributed by atoms with Crippen LogP contribution in [-0.4, -0.2) is 38.8 Å². The van der Waals surface area contributed by atoms with Gasteiger partial charge in [-0.1, -0.05) is 30.3 Å². The molecule has 116 valence electrons. The summed E-state index contributed by atoms with van der Waals surface area (Å²) in [6.07, 6.45) is 1.13. The predicted octanol–water partition coefficient (Wildman–Crippen LogP) is 1.46. The van der Waals surface area contributed by atoms with Gasteiger partial charge in [0.1, 0.15) is 13.2 Å². The average Bonchev–Trinajstić information content (AvgIpc) is 2.50. The lowest BCUT2D eigenvalue weighted by Gasteiger charge is -2.07. The normalized spacial score (nSPS) is 9.95. The van der Waals surface area contributed by atoms with Gasteiger partial charge in [0, 0.05) is 20.2 Å². The van der Waals surface area contributed by atoms with Crippen LogP contribution in [-0.2, 0) is 20.9 Å². The Morgan fingerprint density at radius 2 is 1.71 bits per heavy atom. The Bertz CT molecular complexity index is 423. The quantitative estimate of drug-likeness (QED) is 0.676. The number of alkyl carbamates (subject to hydrolysis) is 1. The molecule has 0 aliphatic carbocycles. The Morgan fingerprint density at radius 3 is 2.38 bits per heavy atom. The van der Waals surface area contributed by atoms with Crippen LogP contribution in [0.5, 0.6) is 0 Å². The van der Waals surface area contributed by atoms with Gasteiger partial charge >= 0.3 is 6.09 Å². The minimum Gasteiger partial charge on any atom is -0.445 e. The molecule has 0 radical (unpaired) electrons. The molecule has 1 rings (SSSR count). The van der Waals surface area contributed by atoms with E-state index in [2.05, 4.69) is 10.6 Å². The summed E-state index contributed by atoms with van der Waals surface area (Å²) in [5, 5.41) is 5.38. The summed E-state index contributed by atoms with van der Waals surface area (Å²) >= 11 is 0. The van der Waals surface area contributed by atoms with Crippen LogP contribution in [0.2, 0.25) is 0 Å². The Hall–Kier alpha value is -2.08. The molecule has 0 fully saturated rings. The molecule has 1 aromatic rings. The van der Waals surface area contributed by atoms with E-state index in [1.165, 1.54) is 7.11 Å². The van der Waals surface area contributed by atoms with E-state index < -0.39 is 6.09 Å². The maximum absolute atomic E-state index is 11.4. The van der Waals surface area contributed by atoms with Gasteiger partial charge in [-0.15, -0.1) is 0 Å². The number of carbonyl (C=O) groups excluding carboxylic acids is 2. The summed E-state index contributed by atoms with van der Waals surface area (Å²) in [5.74, 6) is -0.132.